The van der Waals surface area contributed by atoms with Crippen LogP contribution in [0.4, 0.5) is 23.7 Å². The Hall–Kier alpha value is -1.92. The molecule has 2 rings (SSSR count). The minimum absolute atomic E-state index is 0.386. The number of hydrogen-bond acceptors (Lipinski definition) is 3. The van der Waals surface area contributed by atoms with Gasteiger partial charge in [0.2, 0.25) is 0 Å². The second-order valence-corrected chi connectivity index (χ2v) is 6.95. The van der Waals surface area contributed by atoms with Crippen LogP contribution in [0.15, 0.2) is 18.2 Å². The average molecular weight is 344 g/mol. The lowest BCUT2D eigenvalue weighted by Crippen LogP contribution is -2.50. The van der Waals surface area contributed by atoms with Crippen molar-refractivity contribution in [2.45, 2.75) is 39.5 Å². The van der Waals surface area contributed by atoms with Gasteiger partial charge in [-0.15, -0.1) is 0 Å². The maximum Gasteiger partial charge on any atom is 0.416 e. The number of amides is 1. The van der Waals surface area contributed by atoms with Gasteiger partial charge in [-0.25, -0.2) is 4.79 Å². The van der Waals surface area contributed by atoms with Gasteiger partial charge in [0.15, 0.2) is 0 Å². The lowest BCUT2D eigenvalue weighted by Gasteiger charge is -2.37. The van der Waals surface area contributed by atoms with Crippen molar-refractivity contribution >= 4 is 11.8 Å². The topological polar surface area (TPSA) is 32.8 Å². The van der Waals surface area contributed by atoms with Crippen LogP contribution in [0.25, 0.3) is 0 Å². The molecule has 1 aromatic rings. The number of aryl methyl sites for hydroxylation is 1. The summed E-state index contributed by atoms with van der Waals surface area (Å²) in [5.41, 5.74) is 0.131. The van der Waals surface area contributed by atoms with E-state index in [-0.39, 0.29) is 6.09 Å². The first-order chi connectivity index (χ1) is 11.0. The van der Waals surface area contributed by atoms with Crippen LogP contribution in [0.3, 0.4) is 0 Å². The number of alkyl halides is 3. The van der Waals surface area contributed by atoms with Gasteiger partial charge in [-0.2, -0.15) is 13.2 Å². The summed E-state index contributed by atoms with van der Waals surface area (Å²) in [7, 11) is 0. The van der Waals surface area contributed by atoms with E-state index < -0.39 is 17.3 Å². The quantitative estimate of drug-likeness (QED) is 0.770. The van der Waals surface area contributed by atoms with Crippen LogP contribution in [0.2, 0.25) is 0 Å². The molecule has 0 saturated carbocycles. The summed E-state index contributed by atoms with van der Waals surface area (Å²) >= 11 is 0. The van der Waals surface area contributed by atoms with E-state index in [9.17, 15) is 18.0 Å². The fraction of sp³-hybridized carbons (Fsp3) is 0.588. The first kappa shape index (κ1) is 18.4. The van der Waals surface area contributed by atoms with Gasteiger partial charge in [-0.3, -0.25) is 0 Å². The van der Waals surface area contributed by atoms with E-state index in [4.69, 9.17) is 4.74 Å². The normalized spacial score (nSPS) is 16.3. The monoisotopic (exact) mass is 344 g/mol. The van der Waals surface area contributed by atoms with Crippen molar-refractivity contribution in [3.8, 4) is 0 Å². The number of ether oxygens (including phenoxy) is 1. The molecule has 1 aliphatic heterocycles. The summed E-state index contributed by atoms with van der Waals surface area (Å²) in [4.78, 5) is 15.5. The highest BCUT2D eigenvalue weighted by Crippen LogP contribution is 2.33. The van der Waals surface area contributed by atoms with Crippen LogP contribution in [0.5, 0.6) is 0 Å². The maximum absolute atomic E-state index is 12.9. The van der Waals surface area contributed by atoms with Crippen molar-refractivity contribution in [2.24, 2.45) is 0 Å². The van der Waals surface area contributed by atoms with E-state index in [2.05, 4.69) is 0 Å². The number of anilines is 1. The number of hydrogen-bond donors (Lipinski definition) is 0. The molecule has 134 valence electrons. The van der Waals surface area contributed by atoms with Crippen molar-refractivity contribution < 1.29 is 22.7 Å². The van der Waals surface area contributed by atoms with Crippen LogP contribution in [-0.2, 0) is 10.9 Å². The summed E-state index contributed by atoms with van der Waals surface area (Å²) in [6.07, 6.45) is -4.75. The zero-order valence-electron chi connectivity index (χ0n) is 14.4. The Bertz CT molecular complexity index is 601. The summed E-state index contributed by atoms with van der Waals surface area (Å²) in [5, 5.41) is 0. The molecule has 0 aromatic heterocycles. The highest BCUT2D eigenvalue weighted by Gasteiger charge is 2.32. The van der Waals surface area contributed by atoms with E-state index in [1.54, 1.807) is 32.6 Å². The Balaban J connectivity index is 2.06. The minimum Gasteiger partial charge on any atom is -0.444 e. The smallest absolute Gasteiger partial charge is 0.416 e. The lowest BCUT2D eigenvalue weighted by molar-refractivity contribution is -0.137. The third kappa shape index (κ3) is 4.55. The second kappa shape index (κ2) is 6.53. The number of rotatable bonds is 1. The lowest BCUT2D eigenvalue weighted by atomic mass is 10.1. The average Bonchev–Trinajstić information content (AvgIpc) is 2.45. The highest BCUT2D eigenvalue weighted by atomic mass is 19.4. The molecule has 1 saturated heterocycles. The molecule has 1 fully saturated rings. The van der Waals surface area contributed by atoms with Crippen molar-refractivity contribution in [2.75, 3.05) is 31.1 Å². The van der Waals surface area contributed by atoms with E-state index in [1.807, 2.05) is 4.90 Å². The van der Waals surface area contributed by atoms with E-state index >= 15 is 0 Å². The fourth-order valence-corrected chi connectivity index (χ4v) is 2.58. The summed E-state index contributed by atoms with van der Waals surface area (Å²) in [5.74, 6) is 0. The third-order valence-electron chi connectivity index (χ3n) is 3.81. The van der Waals surface area contributed by atoms with E-state index in [1.165, 1.54) is 12.1 Å². The Kier molecular flexibility index (Phi) is 5.01. The van der Waals surface area contributed by atoms with Crippen LogP contribution in [0, 0.1) is 6.92 Å². The molecule has 0 N–H and O–H groups in total. The number of carbonyl (C=O) groups excluding carboxylic acids is 1. The molecule has 1 aliphatic rings. The van der Waals surface area contributed by atoms with Gasteiger partial charge in [0.05, 0.1) is 5.56 Å². The molecule has 0 radical (unpaired) electrons. The second-order valence-electron chi connectivity index (χ2n) is 6.95. The van der Waals surface area contributed by atoms with Crippen LogP contribution in [-0.4, -0.2) is 42.8 Å². The van der Waals surface area contributed by atoms with Gasteiger partial charge in [-0.05, 0) is 45.4 Å². The highest BCUT2D eigenvalue weighted by molar-refractivity contribution is 5.69. The Labute approximate surface area is 140 Å². The molecule has 4 nitrogen and oxygen atoms in total. The molecule has 1 amide bonds. The van der Waals surface area contributed by atoms with Crippen LogP contribution >= 0.6 is 0 Å². The molecule has 0 atom stereocenters. The van der Waals surface area contributed by atoms with E-state index in [0.29, 0.717) is 31.9 Å². The summed E-state index contributed by atoms with van der Waals surface area (Å²) in [6.45, 7) is 8.97. The van der Waals surface area contributed by atoms with Crippen molar-refractivity contribution in [3.05, 3.63) is 29.3 Å². The predicted octanol–water partition coefficient (Wildman–Crippen LogP) is 4.07. The van der Waals surface area contributed by atoms with Gasteiger partial charge < -0.3 is 14.5 Å². The molecule has 1 aromatic carbocycles. The zero-order chi connectivity index (χ0) is 18.1. The minimum atomic E-state index is -4.36. The van der Waals surface area contributed by atoms with Crippen LogP contribution in [0.1, 0.15) is 31.9 Å². The predicted molar refractivity (Wildman–Crippen MR) is 86.2 cm³/mol. The van der Waals surface area contributed by atoms with Crippen molar-refractivity contribution in [1.82, 2.24) is 4.90 Å². The van der Waals surface area contributed by atoms with Crippen molar-refractivity contribution in [3.63, 3.8) is 0 Å². The maximum atomic E-state index is 12.9. The van der Waals surface area contributed by atoms with Crippen molar-refractivity contribution in [1.29, 1.82) is 0 Å². The van der Waals surface area contributed by atoms with Gasteiger partial charge in [0.1, 0.15) is 5.60 Å². The van der Waals surface area contributed by atoms with Gasteiger partial charge in [0.25, 0.3) is 0 Å². The molecule has 7 heteroatoms. The first-order valence-electron chi connectivity index (χ1n) is 7.88. The molecule has 0 spiro atoms. The zero-order valence-corrected chi connectivity index (χ0v) is 14.4. The van der Waals surface area contributed by atoms with Gasteiger partial charge >= 0.3 is 12.3 Å². The van der Waals surface area contributed by atoms with Gasteiger partial charge in [-0.1, -0.05) is 6.07 Å². The van der Waals surface area contributed by atoms with E-state index in [0.717, 1.165) is 11.6 Å². The standard InChI is InChI=1S/C17H23F3N2O2/c1-12-5-6-13(17(18,19)20)11-14(12)21-7-9-22(10-8-21)15(23)24-16(2,3)4/h5-6,11H,7-10H2,1-4H3. The molecule has 24 heavy (non-hydrogen) atoms. The summed E-state index contributed by atoms with van der Waals surface area (Å²) < 4.78 is 44.0. The molecule has 0 bridgehead atoms. The first-order valence-corrected chi connectivity index (χ1v) is 7.88. The molecular formula is C17H23F3N2O2. The number of carbonyl (C=O) groups is 1. The Morgan fingerprint density at radius 2 is 1.67 bits per heavy atom. The number of nitrogens with zero attached hydrogens (tertiary/aromatic N) is 2. The third-order valence-corrected chi connectivity index (χ3v) is 3.81. The molecule has 0 unspecified atom stereocenters. The molecule has 0 aliphatic carbocycles. The fourth-order valence-electron chi connectivity index (χ4n) is 2.58. The SMILES string of the molecule is Cc1ccc(C(F)(F)F)cc1N1CCN(C(=O)OC(C)(C)C)CC1. The largest absolute Gasteiger partial charge is 0.444 e. The number of halogens is 3. The number of benzene rings is 1. The Morgan fingerprint density at radius 3 is 2.17 bits per heavy atom. The Morgan fingerprint density at radius 1 is 1.08 bits per heavy atom. The van der Waals surface area contributed by atoms with Crippen LogP contribution < -0.4 is 4.90 Å². The molecular weight excluding hydrogens is 321 g/mol. The summed E-state index contributed by atoms with van der Waals surface area (Å²) in [6, 6.07) is 3.76. The molecule has 1 heterocycles. The number of piperazine rings is 1. The van der Waals surface area contributed by atoms with Gasteiger partial charge in [0, 0.05) is 31.9 Å².